The number of nitrogens with zero attached hydrogens (tertiary/aromatic N) is 5. The van der Waals surface area contributed by atoms with Gasteiger partial charge in [-0.15, -0.1) is 16.5 Å². The molecule has 0 saturated carbocycles. The molecular formula is C41H34N10O6S3. The van der Waals surface area contributed by atoms with Crippen LogP contribution in [0.2, 0.25) is 0 Å². The van der Waals surface area contributed by atoms with Crippen molar-refractivity contribution in [3.8, 4) is 5.88 Å². The minimum Gasteiger partial charge on any atom is -0.494 e. The van der Waals surface area contributed by atoms with Crippen LogP contribution in [0.1, 0.15) is 16.7 Å². The third-order valence-electron chi connectivity index (χ3n) is 9.40. The summed E-state index contributed by atoms with van der Waals surface area (Å²) in [5.74, 6) is -0.0968. The molecule has 9 rings (SSSR count). The number of aliphatic imine (C=N–C) groups is 1. The fraction of sp³-hybridized carbons (Fsp3) is 0.0732. The number of hydrogen-bond acceptors (Lipinski definition) is 12. The largest absolute Gasteiger partial charge is 0.494 e. The molecule has 0 bridgehead atoms. The molecular weight excluding hydrogens is 825 g/mol. The number of aromatic nitrogens is 5. The number of aromatic hydroxyl groups is 1. The first-order valence-corrected chi connectivity index (χ1v) is 22.1. The first kappa shape index (κ1) is 39.9. The molecule has 0 fully saturated rings. The molecule has 60 heavy (non-hydrogen) atoms. The van der Waals surface area contributed by atoms with Gasteiger partial charge in [-0.1, -0.05) is 18.2 Å². The SMILES string of the molecule is CNS(=O)(=O)Cc1ccc(N=Nc2c(=O)[nH]c3ccc4[nH]cccc4c23)cc1.O=S(=O)(NCc1ccncc1)c1ccc(N=Cc2c(O)[nH]c3ccc4ncsc4c23)cc1. The lowest BCUT2D eigenvalue weighted by Gasteiger charge is -2.07. The van der Waals surface area contributed by atoms with Crippen molar-refractivity contribution in [2.75, 3.05) is 7.05 Å². The van der Waals surface area contributed by atoms with Gasteiger partial charge in [0.2, 0.25) is 20.0 Å². The van der Waals surface area contributed by atoms with Gasteiger partial charge in [-0.05, 0) is 97.0 Å². The fourth-order valence-corrected chi connectivity index (χ4v) is 9.00. The second-order valence-electron chi connectivity index (χ2n) is 13.3. The predicted octanol–water partition coefficient (Wildman–Crippen LogP) is 7.58. The number of fused-ring (bicyclic) bond motifs is 6. The monoisotopic (exact) mass is 858 g/mol. The lowest BCUT2D eigenvalue weighted by molar-refractivity contribution is 0.457. The summed E-state index contributed by atoms with van der Waals surface area (Å²) in [7, 11) is -5.62. The molecule has 19 heteroatoms. The maximum absolute atomic E-state index is 12.5. The minimum absolute atomic E-state index is 0.0177. The van der Waals surface area contributed by atoms with E-state index in [9.17, 15) is 26.7 Å². The van der Waals surface area contributed by atoms with Gasteiger partial charge in [0.05, 0.1) is 54.3 Å². The summed E-state index contributed by atoms with van der Waals surface area (Å²) in [4.78, 5) is 34.1. The van der Waals surface area contributed by atoms with E-state index in [4.69, 9.17) is 0 Å². The molecule has 5 heterocycles. The molecule has 16 nitrogen and oxygen atoms in total. The summed E-state index contributed by atoms with van der Waals surface area (Å²) >= 11 is 1.49. The third kappa shape index (κ3) is 8.60. The van der Waals surface area contributed by atoms with E-state index in [1.54, 1.807) is 72.6 Å². The molecule has 302 valence electrons. The third-order valence-corrected chi connectivity index (χ3v) is 13.0. The molecule has 6 N–H and O–H groups in total. The van der Waals surface area contributed by atoms with Gasteiger partial charge in [0.15, 0.2) is 11.6 Å². The van der Waals surface area contributed by atoms with Crippen molar-refractivity contribution in [1.82, 2.24) is 34.4 Å². The number of pyridine rings is 2. The average molecular weight is 859 g/mol. The standard InChI is InChI=1S/C22H17N5O3S2.C19H17N5O3S/c28-22-17(20-18(27-22)5-6-19-21(20)31-13-25-19)12-24-15-1-3-16(4-2-15)32(29,30)26-11-14-7-9-23-10-8-14;1-20-28(26,27)11-12-4-6-13(7-5-12)23-24-18-17-14-3-2-10-21-15(14)8-9-16(17)22-19(18)25/h1-10,12-13,26-28H,11H2;2-10,20-21H,11H2,1H3,(H,22,25). The highest BCUT2D eigenvalue weighted by atomic mass is 32.2. The summed E-state index contributed by atoms with van der Waals surface area (Å²) in [6, 6.07) is 27.6. The molecule has 0 unspecified atom stereocenters. The number of nitrogens with one attached hydrogen (secondary N) is 5. The second kappa shape index (κ2) is 16.8. The van der Waals surface area contributed by atoms with Crippen molar-refractivity contribution in [1.29, 1.82) is 0 Å². The zero-order valence-corrected chi connectivity index (χ0v) is 33.9. The summed E-state index contributed by atoms with van der Waals surface area (Å²) in [5.41, 5.74) is 8.00. The van der Waals surface area contributed by atoms with E-state index in [1.807, 2.05) is 42.6 Å². The van der Waals surface area contributed by atoms with Gasteiger partial charge in [-0.3, -0.25) is 14.8 Å². The van der Waals surface area contributed by atoms with Gasteiger partial charge in [0, 0.05) is 53.0 Å². The zero-order chi connectivity index (χ0) is 41.9. The zero-order valence-electron chi connectivity index (χ0n) is 31.5. The van der Waals surface area contributed by atoms with Crippen LogP contribution in [0.15, 0.2) is 146 Å². The van der Waals surface area contributed by atoms with Crippen molar-refractivity contribution in [3.05, 3.63) is 148 Å². The Morgan fingerprint density at radius 2 is 1.52 bits per heavy atom. The van der Waals surface area contributed by atoms with Crippen molar-refractivity contribution in [2.45, 2.75) is 17.2 Å². The molecule has 0 aliphatic heterocycles. The second-order valence-corrected chi connectivity index (χ2v) is 17.8. The molecule has 0 aliphatic carbocycles. The van der Waals surface area contributed by atoms with Crippen LogP contribution in [-0.4, -0.2) is 60.1 Å². The van der Waals surface area contributed by atoms with Crippen LogP contribution >= 0.6 is 11.3 Å². The highest BCUT2D eigenvalue weighted by molar-refractivity contribution is 7.89. The topological polar surface area (TPSA) is 240 Å². The normalized spacial score (nSPS) is 12.3. The number of H-pyrrole nitrogens is 3. The van der Waals surface area contributed by atoms with E-state index in [-0.39, 0.29) is 34.3 Å². The van der Waals surface area contributed by atoms with Gasteiger partial charge in [0.1, 0.15) is 0 Å². The number of benzene rings is 4. The number of rotatable bonds is 11. The Kier molecular flexibility index (Phi) is 11.1. The highest BCUT2D eigenvalue weighted by Crippen LogP contribution is 2.35. The van der Waals surface area contributed by atoms with E-state index in [1.165, 1.54) is 30.5 Å². The van der Waals surface area contributed by atoms with Crippen molar-refractivity contribution >= 4 is 97.6 Å². The Morgan fingerprint density at radius 3 is 2.28 bits per heavy atom. The summed E-state index contributed by atoms with van der Waals surface area (Å²) in [6.07, 6.45) is 6.61. The molecule has 0 saturated heterocycles. The Balaban J connectivity index is 0.000000168. The van der Waals surface area contributed by atoms with Crippen LogP contribution in [0.3, 0.4) is 0 Å². The molecule has 4 aromatic carbocycles. The van der Waals surface area contributed by atoms with E-state index in [0.717, 1.165) is 37.6 Å². The van der Waals surface area contributed by atoms with Gasteiger partial charge in [-0.25, -0.2) is 31.3 Å². The van der Waals surface area contributed by atoms with Crippen LogP contribution in [0, 0.1) is 0 Å². The van der Waals surface area contributed by atoms with E-state index >= 15 is 0 Å². The van der Waals surface area contributed by atoms with E-state index in [0.29, 0.717) is 33.4 Å². The Morgan fingerprint density at radius 1 is 0.800 bits per heavy atom. The van der Waals surface area contributed by atoms with Crippen LogP contribution in [0.4, 0.5) is 17.1 Å². The van der Waals surface area contributed by atoms with Gasteiger partial charge in [-0.2, -0.15) is 5.11 Å². The molecule has 5 aromatic heterocycles. The van der Waals surface area contributed by atoms with E-state index < -0.39 is 20.0 Å². The lowest BCUT2D eigenvalue weighted by Crippen LogP contribution is -2.23. The van der Waals surface area contributed by atoms with Crippen molar-refractivity contribution in [2.24, 2.45) is 15.2 Å². The lowest BCUT2D eigenvalue weighted by atomic mass is 10.1. The van der Waals surface area contributed by atoms with Crippen LogP contribution < -0.4 is 15.0 Å². The van der Waals surface area contributed by atoms with E-state index in [2.05, 4.69) is 49.6 Å². The maximum atomic E-state index is 12.5. The van der Waals surface area contributed by atoms with Crippen LogP contribution in [0.5, 0.6) is 5.88 Å². The number of azo groups is 1. The van der Waals surface area contributed by atoms with Crippen LogP contribution in [0.25, 0.3) is 42.9 Å². The van der Waals surface area contributed by atoms with Gasteiger partial charge < -0.3 is 20.1 Å². The Bertz CT molecular complexity index is 3340. The maximum Gasteiger partial charge on any atom is 0.276 e. The van der Waals surface area contributed by atoms with Crippen LogP contribution in [-0.2, 0) is 32.3 Å². The number of hydrogen-bond donors (Lipinski definition) is 6. The number of sulfonamides is 2. The summed E-state index contributed by atoms with van der Waals surface area (Å²) in [6.45, 7) is 0.177. The minimum atomic E-state index is -3.66. The van der Waals surface area contributed by atoms with Crippen molar-refractivity contribution < 1.29 is 21.9 Å². The highest BCUT2D eigenvalue weighted by Gasteiger charge is 2.16. The molecule has 0 aliphatic rings. The van der Waals surface area contributed by atoms with Crippen molar-refractivity contribution in [3.63, 3.8) is 0 Å². The molecule has 0 spiro atoms. The summed E-state index contributed by atoms with van der Waals surface area (Å²) in [5, 5.41) is 21.1. The molecule has 0 atom stereocenters. The average Bonchev–Trinajstić information content (AvgIpc) is 3.97. The Hall–Kier alpha value is -6.90. The fourth-order valence-electron chi connectivity index (χ4n) is 6.36. The number of thiazole rings is 1. The van der Waals surface area contributed by atoms with Gasteiger partial charge >= 0.3 is 0 Å². The quantitative estimate of drug-likeness (QED) is 0.0558. The Labute approximate surface area is 345 Å². The van der Waals surface area contributed by atoms with Gasteiger partial charge in [0.25, 0.3) is 5.56 Å². The first-order valence-electron chi connectivity index (χ1n) is 18.1. The molecule has 0 radical (unpaired) electrons. The first-order chi connectivity index (χ1) is 29.0. The predicted molar refractivity (Wildman–Crippen MR) is 234 cm³/mol. The summed E-state index contributed by atoms with van der Waals surface area (Å²) < 4.78 is 54.1. The number of aromatic amines is 3. The molecule has 0 amide bonds. The molecule has 9 aromatic rings. The smallest absolute Gasteiger partial charge is 0.276 e.